The van der Waals surface area contributed by atoms with Crippen LogP contribution in [0.4, 0.5) is 0 Å². The van der Waals surface area contributed by atoms with Crippen molar-refractivity contribution in [3.8, 4) is 0 Å². The van der Waals surface area contributed by atoms with E-state index < -0.39 is 6.10 Å². The Morgan fingerprint density at radius 3 is 3.00 bits per heavy atom. The summed E-state index contributed by atoms with van der Waals surface area (Å²) in [4.78, 5) is 0.783. The molecule has 0 amide bonds. The van der Waals surface area contributed by atoms with Crippen LogP contribution in [0.1, 0.15) is 6.42 Å². The fourth-order valence-electron chi connectivity index (χ4n) is 0.958. The molecular formula is C7H11ClOS3. The van der Waals surface area contributed by atoms with Crippen LogP contribution in [0.2, 0.25) is 0 Å². The molecule has 0 radical (unpaired) electrons. The van der Waals surface area contributed by atoms with Gasteiger partial charge in [0.1, 0.15) is 0 Å². The lowest BCUT2D eigenvalue weighted by Crippen LogP contribution is -2.28. The Balaban J connectivity index is 2.34. The molecule has 1 fully saturated rings. The van der Waals surface area contributed by atoms with Crippen LogP contribution in [-0.2, 0) is 0 Å². The zero-order valence-electron chi connectivity index (χ0n) is 6.53. The number of alkyl halides is 1. The minimum absolute atomic E-state index is 0.364. The normalized spacial score (nSPS) is 25.7. The van der Waals surface area contributed by atoms with Gasteiger partial charge in [0.05, 0.1) is 6.10 Å². The minimum atomic E-state index is -0.478. The Morgan fingerprint density at radius 2 is 2.50 bits per heavy atom. The van der Waals surface area contributed by atoms with Crippen molar-refractivity contribution in [2.45, 2.75) is 17.8 Å². The first kappa shape index (κ1) is 11.1. The molecule has 1 aliphatic rings. The molecular weight excluding hydrogens is 232 g/mol. The van der Waals surface area contributed by atoms with E-state index in [0.717, 1.165) is 15.7 Å². The molecule has 0 saturated carbocycles. The second-order valence-electron chi connectivity index (χ2n) is 2.54. The third-order valence-corrected chi connectivity index (χ3v) is 5.39. The fourth-order valence-corrected chi connectivity index (χ4v) is 4.49. The number of halogens is 1. The number of thiocarbonyl (C=S) groups is 1. The SMILES string of the molecule is OC(CCCl)C(=S)C1CSCS1. The van der Waals surface area contributed by atoms with Gasteiger partial charge in [-0.1, -0.05) is 12.2 Å². The van der Waals surface area contributed by atoms with Crippen LogP contribution in [0.15, 0.2) is 0 Å². The van der Waals surface area contributed by atoms with Crippen LogP contribution in [0.5, 0.6) is 0 Å². The zero-order chi connectivity index (χ0) is 8.97. The Hall–Kier alpha value is 1.04. The quantitative estimate of drug-likeness (QED) is 0.602. The molecule has 70 valence electrons. The van der Waals surface area contributed by atoms with Crippen LogP contribution >= 0.6 is 47.3 Å². The summed E-state index contributed by atoms with van der Waals surface area (Å²) < 4.78 is 0. The Kier molecular flexibility index (Phi) is 5.28. The summed E-state index contributed by atoms with van der Waals surface area (Å²) in [6.07, 6.45) is 0.107. The maximum absolute atomic E-state index is 9.53. The van der Waals surface area contributed by atoms with Gasteiger partial charge in [-0.25, -0.2) is 0 Å². The predicted molar refractivity (Wildman–Crippen MR) is 62.6 cm³/mol. The third kappa shape index (κ3) is 3.07. The van der Waals surface area contributed by atoms with E-state index in [-0.39, 0.29) is 0 Å². The van der Waals surface area contributed by atoms with Crippen molar-refractivity contribution in [3.05, 3.63) is 0 Å². The smallest absolute Gasteiger partial charge is 0.0875 e. The molecule has 0 aromatic carbocycles. The van der Waals surface area contributed by atoms with Crippen molar-refractivity contribution in [2.75, 3.05) is 16.7 Å². The molecule has 0 aromatic rings. The van der Waals surface area contributed by atoms with Gasteiger partial charge in [0.2, 0.25) is 0 Å². The highest BCUT2D eigenvalue weighted by Gasteiger charge is 2.24. The van der Waals surface area contributed by atoms with Gasteiger partial charge >= 0.3 is 0 Å². The number of hydrogen-bond acceptors (Lipinski definition) is 4. The number of thioether (sulfide) groups is 2. The standard InChI is InChI=1S/C7H11ClOS3/c8-2-1-5(9)7(10)6-3-11-4-12-6/h5-6,9H,1-4H2. The molecule has 2 atom stereocenters. The van der Waals surface area contributed by atoms with E-state index in [1.807, 2.05) is 23.5 Å². The lowest BCUT2D eigenvalue weighted by atomic mass is 10.1. The van der Waals surface area contributed by atoms with Crippen LogP contribution < -0.4 is 0 Å². The molecule has 12 heavy (non-hydrogen) atoms. The van der Waals surface area contributed by atoms with Gasteiger partial charge in [0.25, 0.3) is 0 Å². The third-order valence-electron chi connectivity index (χ3n) is 1.65. The number of aliphatic hydroxyl groups is 1. The summed E-state index contributed by atoms with van der Waals surface area (Å²) in [5.74, 6) is 1.52. The second-order valence-corrected chi connectivity index (χ2v) is 5.98. The van der Waals surface area contributed by atoms with E-state index in [4.69, 9.17) is 23.8 Å². The van der Waals surface area contributed by atoms with Gasteiger partial charge in [-0.05, 0) is 6.42 Å². The van der Waals surface area contributed by atoms with Gasteiger partial charge < -0.3 is 5.11 Å². The Bertz CT molecular complexity index is 159. The molecule has 0 bridgehead atoms. The summed E-state index contributed by atoms with van der Waals surface area (Å²) in [5.41, 5.74) is 0. The van der Waals surface area contributed by atoms with Crippen molar-refractivity contribution in [1.82, 2.24) is 0 Å². The first-order valence-corrected chi connectivity index (χ1v) is 6.87. The summed E-state index contributed by atoms with van der Waals surface area (Å²) in [5, 5.41) is 11.0. The van der Waals surface area contributed by atoms with E-state index in [1.165, 1.54) is 0 Å². The summed E-state index contributed by atoms with van der Waals surface area (Å²) in [6.45, 7) is 0. The van der Waals surface area contributed by atoms with Crippen molar-refractivity contribution in [2.24, 2.45) is 0 Å². The minimum Gasteiger partial charge on any atom is -0.388 e. The van der Waals surface area contributed by atoms with Gasteiger partial charge in [0.15, 0.2) is 0 Å². The van der Waals surface area contributed by atoms with Crippen LogP contribution in [-0.4, -0.2) is 38.0 Å². The first-order valence-electron chi connectivity index (χ1n) is 3.73. The molecule has 1 saturated heterocycles. The van der Waals surface area contributed by atoms with Crippen LogP contribution in [0.3, 0.4) is 0 Å². The zero-order valence-corrected chi connectivity index (χ0v) is 9.74. The molecule has 0 spiro atoms. The highest BCUT2D eigenvalue weighted by atomic mass is 35.5. The van der Waals surface area contributed by atoms with Crippen LogP contribution in [0, 0.1) is 0 Å². The van der Waals surface area contributed by atoms with Crippen molar-refractivity contribution >= 4 is 52.2 Å². The molecule has 1 N–H and O–H groups in total. The molecule has 5 heteroatoms. The molecule has 1 nitrogen and oxygen atoms in total. The summed E-state index contributed by atoms with van der Waals surface area (Å²) in [6, 6.07) is 0. The molecule has 0 aromatic heterocycles. The van der Waals surface area contributed by atoms with Gasteiger partial charge in [-0.15, -0.1) is 35.1 Å². The summed E-state index contributed by atoms with van der Waals surface area (Å²) >= 11 is 14.4. The topological polar surface area (TPSA) is 20.2 Å². The second kappa shape index (κ2) is 5.70. The van der Waals surface area contributed by atoms with Crippen molar-refractivity contribution in [1.29, 1.82) is 0 Å². The lowest BCUT2D eigenvalue weighted by Gasteiger charge is -2.14. The van der Waals surface area contributed by atoms with E-state index >= 15 is 0 Å². The highest BCUT2D eigenvalue weighted by molar-refractivity contribution is 8.20. The van der Waals surface area contributed by atoms with Crippen molar-refractivity contribution in [3.63, 3.8) is 0 Å². The Morgan fingerprint density at radius 1 is 1.75 bits per heavy atom. The Labute approximate surface area is 91.6 Å². The van der Waals surface area contributed by atoms with Gasteiger partial charge in [-0.2, -0.15) is 0 Å². The highest BCUT2D eigenvalue weighted by Crippen LogP contribution is 2.31. The molecule has 0 aliphatic carbocycles. The monoisotopic (exact) mass is 242 g/mol. The first-order chi connectivity index (χ1) is 5.75. The maximum Gasteiger partial charge on any atom is 0.0875 e. The molecule has 1 aliphatic heterocycles. The van der Waals surface area contributed by atoms with E-state index in [1.54, 1.807) is 0 Å². The summed E-state index contributed by atoms with van der Waals surface area (Å²) in [7, 11) is 0. The number of rotatable bonds is 4. The van der Waals surface area contributed by atoms with Crippen molar-refractivity contribution < 1.29 is 5.11 Å². The van der Waals surface area contributed by atoms with Gasteiger partial charge in [0, 0.05) is 26.8 Å². The molecule has 2 unspecified atom stereocenters. The maximum atomic E-state index is 9.53. The average Bonchev–Trinajstić information content (AvgIpc) is 2.55. The van der Waals surface area contributed by atoms with E-state index in [2.05, 4.69) is 0 Å². The molecule has 1 heterocycles. The lowest BCUT2D eigenvalue weighted by molar-refractivity contribution is 0.239. The number of hydrogen-bond donors (Lipinski definition) is 1. The average molecular weight is 243 g/mol. The van der Waals surface area contributed by atoms with Gasteiger partial charge in [-0.3, -0.25) is 0 Å². The predicted octanol–water partition coefficient (Wildman–Crippen LogP) is 2.15. The largest absolute Gasteiger partial charge is 0.388 e. The van der Waals surface area contributed by atoms with Crippen LogP contribution in [0.25, 0.3) is 0 Å². The van der Waals surface area contributed by atoms with E-state index in [0.29, 0.717) is 17.6 Å². The van der Waals surface area contributed by atoms with E-state index in [9.17, 15) is 5.11 Å². The molecule has 1 rings (SSSR count). The fraction of sp³-hybridized carbons (Fsp3) is 0.857. The number of aliphatic hydroxyl groups excluding tert-OH is 1.